The SMILES string of the molecule is COc1ccncc1-c1nccc(C(=O)Nc2nc3ccc(N4CCC(N(C)CCN(C)C)CC4)cc3n2C2CCC(O)CC2)c1F. The Balaban J connectivity index is 1.28. The molecule has 0 spiro atoms. The van der Waals surface area contributed by atoms with Crippen molar-refractivity contribution in [2.45, 2.75) is 56.7 Å². The van der Waals surface area contributed by atoms with Crippen molar-refractivity contribution in [3.8, 4) is 17.0 Å². The van der Waals surface area contributed by atoms with Crippen LogP contribution in [0.5, 0.6) is 5.75 Å². The number of benzene rings is 1. The lowest BCUT2D eigenvalue weighted by molar-refractivity contribution is 0.101. The highest BCUT2D eigenvalue weighted by molar-refractivity contribution is 6.05. The summed E-state index contributed by atoms with van der Waals surface area (Å²) in [6.45, 7) is 4.01. The van der Waals surface area contributed by atoms with Crippen LogP contribution in [0.2, 0.25) is 0 Å². The molecule has 2 aliphatic rings. The lowest BCUT2D eigenvalue weighted by atomic mass is 9.93. The van der Waals surface area contributed by atoms with Gasteiger partial charge in [-0.15, -0.1) is 0 Å². The smallest absolute Gasteiger partial charge is 0.261 e. The van der Waals surface area contributed by atoms with Crippen molar-refractivity contribution in [3.63, 3.8) is 0 Å². The number of pyridine rings is 2. The minimum absolute atomic E-state index is 0.0188. The quantitative estimate of drug-likeness (QED) is 0.251. The van der Waals surface area contributed by atoms with Crippen LogP contribution in [0.1, 0.15) is 54.9 Å². The van der Waals surface area contributed by atoms with E-state index in [2.05, 4.69) is 67.8 Å². The first-order valence-corrected chi connectivity index (χ1v) is 16.5. The average molecular weight is 645 g/mol. The van der Waals surface area contributed by atoms with Gasteiger partial charge in [0.25, 0.3) is 5.91 Å². The van der Waals surface area contributed by atoms with E-state index >= 15 is 4.39 Å². The summed E-state index contributed by atoms with van der Waals surface area (Å²) in [5, 5.41) is 13.2. The molecular formula is C35H45FN8O3. The fraction of sp³-hybridized carbons (Fsp3) is 0.486. The minimum Gasteiger partial charge on any atom is -0.496 e. The molecule has 1 aliphatic heterocycles. The summed E-state index contributed by atoms with van der Waals surface area (Å²) in [5.74, 6) is -0.622. The second-order valence-electron chi connectivity index (χ2n) is 13.0. The number of hydrogen-bond acceptors (Lipinski definition) is 9. The fourth-order valence-corrected chi connectivity index (χ4v) is 6.87. The summed E-state index contributed by atoms with van der Waals surface area (Å²) >= 11 is 0. The summed E-state index contributed by atoms with van der Waals surface area (Å²) in [5.41, 5.74) is 2.97. The Bertz CT molecular complexity index is 1700. The summed E-state index contributed by atoms with van der Waals surface area (Å²) in [4.78, 5) is 33.9. The molecule has 2 N–H and O–H groups in total. The topological polar surface area (TPSA) is 112 Å². The number of carbonyl (C=O) groups excluding carboxylic acids is 1. The third kappa shape index (κ3) is 7.09. The number of nitrogens with zero attached hydrogens (tertiary/aromatic N) is 7. The van der Waals surface area contributed by atoms with Gasteiger partial charge in [0, 0.05) is 62.5 Å². The number of methoxy groups -OCH3 is 1. The van der Waals surface area contributed by atoms with Crippen molar-refractivity contribution < 1.29 is 19.0 Å². The first-order valence-electron chi connectivity index (χ1n) is 16.5. The molecule has 3 aromatic heterocycles. The van der Waals surface area contributed by atoms with Gasteiger partial charge in [0.1, 0.15) is 11.4 Å². The molecule has 0 unspecified atom stereocenters. The van der Waals surface area contributed by atoms with E-state index in [4.69, 9.17) is 9.72 Å². The number of ether oxygens (including phenoxy) is 1. The highest BCUT2D eigenvalue weighted by Gasteiger charge is 2.28. The standard InChI is InChI=1S/C35H45FN8O3/c1-41(2)19-20-42(3)23-13-17-43(18-14-23)25-7-10-29-30(21-25)44(24-5-8-26(45)9-6-24)35(39-29)40-34(46)27-11-16-38-33(32(27)36)28-22-37-15-12-31(28)47-4/h7,10-12,15-16,21-24,26,45H,5-6,8-9,13-14,17-20H2,1-4H3,(H,39,40,46). The van der Waals surface area contributed by atoms with Gasteiger partial charge < -0.3 is 29.1 Å². The number of carbonyl (C=O) groups is 1. The van der Waals surface area contributed by atoms with Gasteiger partial charge in [-0.3, -0.25) is 20.1 Å². The zero-order valence-electron chi connectivity index (χ0n) is 27.7. The van der Waals surface area contributed by atoms with Crippen LogP contribution in [-0.4, -0.2) is 107 Å². The third-order valence-corrected chi connectivity index (χ3v) is 9.67. The van der Waals surface area contributed by atoms with Crippen molar-refractivity contribution in [2.24, 2.45) is 0 Å². The van der Waals surface area contributed by atoms with E-state index in [1.165, 1.54) is 25.6 Å². The molecule has 250 valence electrons. The normalized spacial score (nSPS) is 19.1. The van der Waals surface area contributed by atoms with Crippen LogP contribution in [-0.2, 0) is 0 Å². The van der Waals surface area contributed by atoms with Crippen LogP contribution in [0.15, 0.2) is 48.9 Å². The maximum atomic E-state index is 15.9. The number of aliphatic hydroxyl groups is 1. The molecule has 1 saturated heterocycles. The number of imidazole rings is 1. The summed E-state index contributed by atoms with van der Waals surface area (Å²) in [6, 6.07) is 9.84. The maximum absolute atomic E-state index is 15.9. The fourth-order valence-electron chi connectivity index (χ4n) is 6.87. The Labute approximate surface area is 275 Å². The number of nitrogens with one attached hydrogen (secondary N) is 1. The third-order valence-electron chi connectivity index (χ3n) is 9.67. The molecule has 1 amide bonds. The Morgan fingerprint density at radius 2 is 1.81 bits per heavy atom. The van der Waals surface area contributed by atoms with Gasteiger partial charge in [0.05, 0.1) is 35.4 Å². The number of aliphatic hydroxyl groups excluding tert-OH is 1. The van der Waals surface area contributed by atoms with E-state index in [0.29, 0.717) is 36.1 Å². The zero-order chi connectivity index (χ0) is 33.1. The molecule has 1 aliphatic carbocycles. The number of amides is 1. The summed E-state index contributed by atoms with van der Waals surface area (Å²) in [6.07, 6.45) is 9.10. The van der Waals surface area contributed by atoms with Gasteiger partial charge >= 0.3 is 0 Å². The first kappa shape index (κ1) is 32.8. The number of anilines is 2. The molecule has 47 heavy (non-hydrogen) atoms. The number of hydrogen-bond donors (Lipinski definition) is 2. The Kier molecular flexibility index (Phi) is 10.00. The Morgan fingerprint density at radius 1 is 1.04 bits per heavy atom. The summed E-state index contributed by atoms with van der Waals surface area (Å²) < 4.78 is 23.3. The van der Waals surface area contributed by atoms with Crippen molar-refractivity contribution in [2.75, 3.05) is 64.6 Å². The largest absolute Gasteiger partial charge is 0.496 e. The van der Waals surface area contributed by atoms with Gasteiger partial charge in [-0.2, -0.15) is 0 Å². The van der Waals surface area contributed by atoms with Gasteiger partial charge in [0.15, 0.2) is 5.82 Å². The van der Waals surface area contributed by atoms with Crippen molar-refractivity contribution in [3.05, 3.63) is 60.3 Å². The van der Waals surface area contributed by atoms with E-state index in [-0.39, 0.29) is 23.4 Å². The van der Waals surface area contributed by atoms with Crippen molar-refractivity contribution >= 4 is 28.6 Å². The molecule has 0 atom stereocenters. The average Bonchev–Trinajstić information content (AvgIpc) is 3.44. The van der Waals surface area contributed by atoms with Gasteiger partial charge in [-0.05, 0) is 90.0 Å². The van der Waals surface area contributed by atoms with Crippen LogP contribution >= 0.6 is 0 Å². The molecule has 4 aromatic rings. The summed E-state index contributed by atoms with van der Waals surface area (Å²) in [7, 11) is 7.93. The Hall–Kier alpha value is -4.13. The predicted molar refractivity (Wildman–Crippen MR) is 182 cm³/mol. The second kappa shape index (κ2) is 14.3. The number of piperidine rings is 1. The molecule has 6 rings (SSSR count). The number of fused-ring (bicyclic) bond motifs is 1. The van der Waals surface area contributed by atoms with Crippen molar-refractivity contribution in [1.29, 1.82) is 0 Å². The molecule has 11 nitrogen and oxygen atoms in total. The number of aromatic nitrogens is 4. The molecule has 12 heteroatoms. The molecular weight excluding hydrogens is 599 g/mol. The van der Waals surface area contributed by atoms with E-state index in [1.807, 2.05) is 6.07 Å². The zero-order valence-corrected chi connectivity index (χ0v) is 27.7. The first-order chi connectivity index (χ1) is 22.7. The van der Waals surface area contributed by atoms with E-state index in [1.54, 1.807) is 12.3 Å². The van der Waals surface area contributed by atoms with E-state index < -0.39 is 11.7 Å². The number of rotatable bonds is 10. The highest BCUT2D eigenvalue weighted by Crippen LogP contribution is 2.37. The molecule has 2 fully saturated rings. The second-order valence-corrected chi connectivity index (χ2v) is 13.0. The van der Waals surface area contributed by atoms with Crippen LogP contribution < -0.4 is 15.0 Å². The van der Waals surface area contributed by atoms with Gasteiger partial charge in [-0.1, -0.05) is 0 Å². The molecule has 0 bridgehead atoms. The Morgan fingerprint density at radius 3 is 2.53 bits per heavy atom. The van der Waals surface area contributed by atoms with Crippen LogP contribution in [0, 0.1) is 5.82 Å². The van der Waals surface area contributed by atoms with Crippen molar-refractivity contribution in [1.82, 2.24) is 29.3 Å². The molecule has 1 aromatic carbocycles. The number of likely N-dealkylation sites (N-methyl/N-ethyl adjacent to an activating group) is 2. The van der Waals surface area contributed by atoms with Crippen LogP contribution in [0.25, 0.3) is 22.3 Å². The van der Waals surface area contributed by atoms with Crippen LogP contribution in [0.3, 0.4) is 0 Å². The minimum atomic E-state index is -0.766. The highest BCUT2D eigenvalue weighted by atomic mass is 19.1. The predicted octanol–water partition coefficient (Wildman–Crippen LogP) is 4.83. The molecule has 0 radical (unpaired) electrons. The van der Waals surface area contributed by atoms with E-state index in [9.17, 15) is 9.90 Å². The van der Waals surface area contributed by atoms with Crippen LogP contribution in [0.4, 0.5) is 16.0 Å². The molecule has 1 saturated carbocycles. The number of halogens is 1. The van der Waals surface area contributed by atoms with Gasteiger partial charge in [0.2, 0.25) is 5.95 Å². The monoisotopic (exact) mass is 644 g/mol. The molecule has 4 heterocycles. The lowest BCUT2D eigenvalue weighted by Gasteiger charge is -2.38. The maximum Gasteiger partial charge on any atom is 0.261 e. The van der Waals surface area contributed by atoms with Gasteiger partial charge in [-0.25, -0.2) is 9.37 Å². The van der Waals surface area contributed by atoms with E-state index in [0.717, 1.165) is 68.6 Å². The lowest BCUT2D eigenvalue weighted by Crippen LogP contribution is -2.45.